The highest BCUT2D eigenvalue weighted by Gasteiger charge is 2.05. The number of carbonyl (C=O) groups excluding carboxylic acids is 1. The van der Waals surface area contributed by atoms with Crippen LogP contribution in [0.3, 0.4) is 0 Å². The van der Waals surface area contributed by atoms with Crippen molar-refractivity contribution in [1.29, 1.82) is 0 Å². The normalized spacial score (nSPS) is 12.5. The molecule has 1 amide bonds. The lowest BCUT2D eigenvalue weighted by Crippen LogP contribution is -2.30. The number of aliphatic hydroxyl groups is 1. The molecular weight excluding hydrogens is 156 g/mol. The Kier molecular flexibility index (Phi) is 2.88. The van der Waals surface area contributed by atoms with Gasteiger partial charge in [-0.25, -0.2) is 0 Å². The van der Waals surface area contributed by atoms with E-state index in [-0.39, 0.29) is 12.5 Å². The second-order valence-corrected chi connectivity index (χ2v) is 2.66. The van der Waals surface area contributed by atoms with Crippen molar-refractivity contribution in [3.8, 4) is 0 Å². The summed E-state index contributed by atoms with van der Waals surface area (Å²) in [6.07, 6.45) is 2.78. The average Bonchev–Trinajstić information content (AvgIpc) is 2.51. The predicted molar refractivity (Wildman–Crippen MR) is 44.8 cm³/mol. The molecule has 1 aromatic heterocycles. The fourth-order valence-corrected chi connectivity index (χ4v) is 0.808. The summed E-state index contributed by atoms with van der Waals surface area (Å²) in [5.41, 5.74) is 0.579. The number of hydrogen-bond donors (Lipinski definition) is 3. The predicted octanol–water partition coefficient (Wildman–Crippen LogP) is 0.125. The van der Waals surface area contributed by atoms with Crippen LogP contribution in [0.4, 0.5) is 0 Å². The molecule has 0 aliphatic carbocycles. The van der Waals surface area contributed by atoms with Gasteiger partial charge in [-0.15, -0.1) is 0 Å². The number of H-pyrrole nitrogens is 1. The molecule has 0 saturated heterocycles. The first-order chi connectivity index (χ1) is 5.70. The molecule has 0 bridgehead atoms. The van der Waals surface area contributed by atoms with Crippen LogP contribution in [0.2, 0.25) is 0 Å². The van der Waals surface area contributed by atoms with E-state index in [1.165, 1.54) is 0 Å². The monoisotopic (exact) mass is 168 g/mol. The van der Waals surface area contributed by atoms with E-state index in [2.05, 4.69) is 10.3 Å². The van der Waals surface area contributed by atoms with Crippen LogP contribution in [-0.2, 0) is 0 Å². The van der Waals surface area contributed by atoms with Gasteiger partial charge in [0.2, 0.25) is 0 Å². The first-order valence-corrected chi connectivity index (χ1v) is 3.79. The number of amides is 1. The average molecular weight is 168 g/mol. The van der Waals surface area contributed by atoms with Crippen LogP contribution in [-0.4, -0.2) is 28.6 Å². The number of aromatic amines is 1. The summed E-state index contributed by atoms with van der Waals surface area (Å²) in [6.45, 7) is 1.90. The van der Waals surface area contributed by atoms with Crippen molar-refractivity contribution in [2.75, 3.05) is 6.54 Å². The Morgan fingerprint density at radius 3 is 3.08 bits per heavy atom. The smallest absolute Gasteiger partial charge is 0.252 e. The summed E-state index contributed by atoms with van der Waals surface area (Å²) < 4.78 is 0. The lowest BCUT2D eigenvalue weighted by Gasteiger charge is -2.04. The van der Waals surface area contributed by atoms with Crippen molar-refractivity contribution < 1.29 is 9.90 Å². The molecule has 0 fully saturated rings. The largest absolute Gasteiger partial charge is 0.392 e. The van der Waals surface area contributed by atoms with Crippen molar-refractivity contribution >= 4 is 5.91 Å². The molecule has 4 heteroatoms. The van der Waals surface area contributed by atoms with E-state index in [4.69, 9.17) is 5.11 Å². The summed E-state index contributed by atoms with van der Waals surface area (Å²) in [4.78, 5) is 13.9. The van der Waals surface area contributed by atoms with Gasteiger partial charge in [-0.05, 0) is 13.0 Å². The van der Waals surface area contributed by atoms with E-state index in [0.717, 1.165) is 0 Å². The zero-order chi connectivity index (χ0) is 8.97. The van der Waals surface area contributed by atoms with Crippen LogP contribution < -0.4 is 5.32 Å². The summed E-state index contributed by atoms with van der Waals surface area (Å²) in [5.74, 6) is -0.169. The number of carbonyl (C=O) groups is 1. The van der Waals surface area contributed by atoms with Crippen LogP contribution in [0.5, 0.6) is 0 Å². The topological polar surface area (TPSA) is 65.1 Å². The minimum atomic E-state index is -0.507. The molecule has 0 aliphatic heterocycles. The Labute approximate surface area is 70.6 Å². The van der Waals surface area contributed by atoms with E-state index >= 15 is 0 Å². The molecule has 1 heterocycles. The van der Waals surface area contributed by atoms with Crippen molar-refractivity contribution in [3.05, 3.63) is 24.0 Å². The molecule has 0 saturated carbocycles. The molecule has 1 aromatic rings. The lowest BCUT2D eigenvalue weighted by molar-refractivity contribution is 0.0924. The second-order valence-electron chi connectivity index (χ2n) is 2.66. The van der Waals surface area contributed by atoms with Crippen molar-refractivity contribution in [2.24, 2.45) is 0 Å². The molecule has 1 atom stereocenters. The molecule has 0 aliphatic rings. The number of aliphatic hydroxyl groups excluding tert-OH is 1. The zero-order valence-corrected chi connectivity index (χ0v) is 6.87. The van der Waals surface area contributed by atoms with Crippen LogP contribution >= 0.6 is 0 Å². The second kappa shape index (κ2) is 3.92. The first-order valence-electron chi connectivity index (χ1n) is 3.79. The molecule has 3 N–H and O–H groups in total. The molecular formula is C8H12N2O2. The van der Waals surface area contributed by atoms with E-state index < -0.39 is 6.10 Å². The first kappa shape index (κ1) is 8.80. The molecule has 0 spiro atoms. The number of rotatable bonds is 3. The summed E-state index contributed by atoms with van der Waals surface area (Å²) in [7, 11) is 0. The van der Waals surface area contributed by atoms with Gasteiger partial charge in [-0.3, -0.25) is 4.79 Å². The van der Waals surface area contributed by atoms with Gasteiger partial charge in [-0.1, -0.05) is 0 Å². The van der Waals surface area contributed by atoms with Gasteiger partial charge in [0.1, 0.15) is 0 Å². The van der Waals surface area contributed by atoms with Gasteiger partial charge in [-0.2, -0.15) is 0 Å². The molecule has 0 radical (unpaired) electrons. The third-order valence-electron chi connectivity index (χ3n) is 1.42. The maximum absolute atomic E-state index is 11.2. The SMILES string of the molecule is CC(O)CNC(=O)c1cc[nH]c1. The maximum atomic E-state index is 11.2. The summed E-state index contributed by atoms with van der Waals surface area (Å²) in [6, 6.07) is 1.68. The van der Waals surface area contributed by atoms with Crippen molar-refractivity contribution in [3.63, 3.8) is 0 Å². The Morgan fingerprint density at radius 2 is 2.58 bits per heavy atom. The van der Waals surface area contributed by atoms with E-state index in [1.807, 2.05) is 0 Å². The summed E-state index contributed by atoms with van der Waals surface area (Å²) >= 11 is 0. The van der Waals surface area contributed by atoms with Crippen LogP contribution in [0.25, 0.3) is 0 Å². The third kappa shape index (κ3) is 2.39. The maximum Gasteiger partial charge on any atom is 0.252 e. The van der Waals surface area contributed by atoms with Gasteiger partial charge >= 0.3 is 0 Å². The van der Waals surface area contributed by atoms with Crippen LogP contribution in [0.1, 0.15) is 17.3 Å². The van der Waals surface area contributed by atoms with Gasteiger partial charge in [0, 0.05) is 18.9 Å². The van der Waals surface area contributed by atoms with E-state index in [0.29, 0.717) is 5.56 Å². The van der Waals surface area contributed by atoms with Gasteiger partial charge in [0.15, 0.2) is 0 Å². The number of hydrogen-bond acceptors (Lipinski definition) is 2. The van der Waals surface area contributed by atoms with E-state index in [1.54, 1.807) is 25.4 Å². The molecule has 4 nitrogen and oxygen atoms in total. The van der Waals surface area contributed by atoms with Crippen molar-refractivity contribution in [1.82, 2.24) is 10.3 Å². The highest BCUT2D eigenvalue weighted by atomic mass is 16.3. The van der Waals surface area contributed by atoms with Crippen molar-refractivity contribution in [2.45, 2.75) is 13.0 Å². The van der Waals surface area contributed by atoms with Crippen LogP contribution in [0.15, 0.2) is 18.5 Å². The fourth-order valence-electron chi connectivity index (χ4n) is 0.808. The molecule has 1 rings (SSSR count). The Bertz CT molecular complexity index is 242. The summed E-state index contributed by atoms with van der Waals surface area (Å²) in [5, 5.41) is 11.5. The van der Waals surface area contributed by atoms with Gasteiger partial charge in [0.05, 0.1) is 11.7 Å². The number of aromatic nitrogens is 1. The molecule has 66 valence electrons. The quantitative estimate of drug-likeness (QED) is 0.600. The molecule has 0 aromatic carbocycles. The minimum absolute atomic E-state index is 0.169. The van der Waals surface area contributed by atoms with Crippen LogP contribution in [0, 0.1) is 0 Å². The Hall–Kier alpha value is -1.29. The van der Waals surface area contributed by atoms with E-state index in [9.17, 15) is 4.79 Å². The van der Waals surface area contributed by atoms with Gasteiger partial charge in [0.25, 0.3) is 5.91 Å². The third-order valence-corrected chi connectivity index (χ3v) is 1.42. The number of nitrogens with one attached hydrogen (secondary N) is 2. The molecule has 1 unspecified atom stereocenters. The highest BCUT2D eigenvalue weighted by Crippen LogP contribution is 1.95. The van der Waals surface area contributed by atoms with Gasteiger partial charge < -0.3 is 15.4 Å². The Balaban J connectivity index is 2.40. The fraction of sp³-hybridized carbons (Fsp3) is 0.375. The lowest BCUT2D eigenvalue weighted by atomic mass is 10.3. The highest BCUT2D eigenvalue weighted by molar-refractivity contribution is 5.93. The zero-order valence-electron chi connectivity index (χ0n) is 6.87. The Morgan fingerprint density at radius 1 is 1.83 bits per heavy atom. The molecule has 12 heavy (non-hydrogen) atoms. The standard InChI is InChI=1S/C8H12N2O2/c1-6(11)4-10-8(12)7-2-3-9-5-7/h2-3,5-6,9,11H,4H2,1H3,(H,10,12). The minimum Gasteiger partial charge on any atom is -0.392 e.